The number of phenolic OH excluding ortho intramolecular Hbond substituents is 1. The number of carbonyl (C=O) groups excluding carboxylic acids is 1. The van der Waals surface area contributed by atoms with Gasteiger partial charge in [-0.2, -0.15) is 0 Å². The fourth-order valence-electron chi connectivity index (χ4n) is 2.13. The van der Waals surface area contributed by atoms with Gasteiger partial charge >= 0.3 is 0 Å². The van der Waals surface area contributed by atoms with E-state index in [1.165, 1.54) is 0 Å². The molecule has 0 aliphatic heterocycles. The molecular formula is C17H20N2O2. The summed E-state index contributed by atoms with van der Waals surface area (Å²) in [5.41, 5.74) is 8.17. The molecule has 0 aromatic heterocycles. The van der Waals surface area contributed by atoms with Crippen molar-refractivity contribution < 1.29 is 9.90 Å². The molecule has 2 atom stereocenters. The second kappa shape index (κ2) is 6.41. The fraction of sp³-hybridized carbons (Fsp3) is 0.235. The van der Waals surface area contributed by atoms with Crippen LogP contribution in [0, 0.1) is 12.8 Å². The van der Waals surface area contributed by atoms with Gasteiger partial charge in [0.05, 0.1) is 11.6 Å². The molecule has 4 nitrogen and oxygen atoms in total. The van der Waals surface area contributed by atoms with Crippen LogP contribution in [0.15, 0.2) is 48.5 Å². The predicted octanol–water partition coefficient (Wildman–Crippen LogP) is 2.98. The summed E-state index contributed by atoms with van der Waals surface area (Å²) in [6.45, 7) is 3.56. The van der Waals surface area contributed by atoms with E-state index >= 15 is 0 Å². The van der Waals surface area contributed by atoms with Gasteiger partial charge in [-0.15, -0.1) is 0 Å². The Balaban J connectivity index is 2.11. The van der Waals surface area contributed by atoms with Crippen LogP contribution in [0.4, 0.5) is 5.69 Å². The summed E-state index contributed by atoms with van der Waals surface area (Å²) in [5.74, 6) is -0.536. The van der Waals surface area contributed by atoms with E-state index in [0.29, 0.717) is 11.3 Å². The highest BCUT2D eigenvalue weighted by molar-refractivity contribution is 5.94. The maximum atomic E-state index is 12.3. The molecule has 2 unspecified atom stereocenters. The first kappa shape index (κ1) is 15.1. The average molecular weight is 284 g/mol. The molecule has 21 heavy (non-hydrogen) atoms. The van der Waals surface area contributed by atoms with Crippen LogP contribution in [0.1, 0.15) is 24.1 Å². The van der Waals surface area contributed by atoms with Gasteiger partial charge in [-0.3, -0.25) is 4.79 Å². The molecule has 110 valence electrons. The Hall–Kier alpha value is -2.33. The van der Waals surface area contributed by atoms with Crippen molar-refractivity contribution in [1.29, 1.82) is 0 Å². The first-order valence-corrected chi connectivity index (χ1v) is 6.90. The van der Waals surface area contributed by atoms with Gasteiger partial charge in [-0.05, 0) is 24.1 Å². The van der Waals surface area contributed by atoms with Crippen LogP contribution in [0.25, 0.3) is 0 Å². The van der Waals surface area contributed by atoms with Crippen LogP contribution in [0.5, 0.6) is 5.75 Å². The minimum Gasteiger partial charge on any atom is -0.505 e. The van der Waals surface area contributed by atoms with Crippen LogP contribution in [0.2, 0.25) is 0 Å². The third-order valence-electron chi connectivity index (χ3n) is 3.63. The molecular weight excluding hydrogens is 264 g/mol. The Labute approximate surface area is 124 Å². The highest BCUT2D eigenvalue weighted by Gasteiger charge is 2.22. The Morgan fingerprint density at radius 2 is 1.81 bits per heavy atom. The van der Waals surface area contributed by atoms with Crippen LogP contribution in [0.3, 0.4) is 0 Å². The molecule has 2 aromatic carbocycles. The number of benzene rings is 2. The van der Waals surface area contributed by atoms with E-state index in [-0.39, 0.29) is 11.7 Å². The summed E-state index contributed by atoms with van der Waals surface area (Å²) in [5, 5.41) is 12.7. The van der Waals surface area contributed by atoms with Gasteiger partial charge in [0.2, 0.25) is 5.91 Å². The van der Waals surface area contributed by atoms with Crippen molar-refractivity contribution >= 4 is 11.6 Å². The Morgan fingerprint density at radius 3 is 2.48 bits per heavy atom. The monoisotopic (exact) mass is 284 g/mol. The Kier molecular flexibility index (Phi) is 4.60. The summed E-state index contributed by atoms with van der Waals surface area (Å²) in [4.78, 5) is 12.3. The van der Waals surface area contributed by atoms with E-state index in [1.54, 1.807) is 32.0 Å². The molecule has 0 heterocycles. The predicted molar refractivity (Wildman–Crippen MR) is 84.0 cm³/mol. The number of anilines is 1. The summed E-state index contributed by atoms with van der Waals surface area (Å²) < 4.78 is 0. The zero-order valence-electron chi connectivity index (χ0n) is 12.2. The lowest BCUT2D eigenvalue weighted by Gasteiger charge is -2.20. The Morgan fingerprint density at radius 1 is 1.14 bits per heavy atom. The summed E-state index contributed by atoms with van der Waals surface area (Å²) >= 11 is 0. The molecule has 0 bridgehead atoms. The molecule has 0 saturated heterocycles. The summed E-state index contributed by atoms with van der Waals surface area (Å²) in [6, 6.07) is 14.3. The second-order valence-corrected chi connectivity index (χ2v) is 5.19. The first-order chi connectivity index (χ1) is 10.0. The number of nitrogens with one attached hydrogen (secondary N) is 1. The highest BCUT2D eigenvalue weighted by Crippen LogP contribution is 2.28. The maximum Gasteiger partial charge on any atom is 0.229 e. The largest absolute Gasteiger partial charge is 0.505 e. The van der Waals surface area contributed by atoms with E-state index < -0.39 is 12.0 Å². The normalized spacial score (nSPS) is 13.5. The minimum atomic E-state index is -0.410. The van der Waals surface area contributed by atoms with Crippen LogP contribution < -0.4 is 11.1 Å². The summed E-state index contributed by atoms with van der Waals surface area (Å²) in [6.07, 6.45) is 0. The number of hydrogen-bond acceptors (Lipinski definition) is 3. The molecule has 2 rings (SSSR count). The molecule has 0 aliphatic carbocycles. The average Bonchev–Trinajstić information content (AvgIpc) is 2.51. The molecule has 0 spiro atoms. The number of aryl methyl sites for hydroxylation is 1. The molecule has 0 radical (unpaired) electrons. The Bertz CT molecular complexity index is 626. The van der Waals surface area contributed by atoms with Gasteiger partial charge in [-0.1, -0.05) is 49.4 Å². The lowest BCUT2D eigenvalue weighted by Crippen LogP contribution is -2.30. The van der Waals surface area contributed by atoms with Crippen molar-refractivity contribution in [1.82, 2.24) is 0 Å². The van der Waals surface area contributed by atoms with E-state index in [1.807, 2.05) is 30.3 Å². The number of phenols is 1. The topological polar surface area (TPSA) is 75.4 Å². The van der Waals surface area contributed by atoms with Gasteiger partial charge in [0.1, 0.15) is 5.75 Å². The van der Waals surface area contributed by atoms with Crippen molar-refractivity contribution in [2.24, 2.45) is 11.7 Å². The zero-order valence-corrected chi connectivity index (χ0v) is 12.2. The molecule has 0 saturated carbocycles. The van der Waals surface area contributed by atoms with Crippen LogP contribution in [-0.4, -0.2) is 11.0 Å². The van der Waals surface area contributed by atoms with E-state index in [9.17, 15) is 9.90 Å². The molecule has 4 heteroatoms. The lowest BCUT2D eigenvalue weighted by molar-refractivity contribution is -0.120. The summed E-state index contributed by atoms with van der Waals surface area (Å²) in [7, 11) is 0. The zero-order chi connectivity index (χ0) is 15.4. The molecule has 0 fully saturated rings. The van der Waals surface area contributed by atoms with Crippen LogP contribution in [-0.2, 0) is 4.79 Å². The van der Waals surface area contributed by atoms with Crippen LogP contribution >= 0.6 is 0 Å². The highest BCUT2D eigenvalue weighted by atomic mass is 16.3. The van der Waals surface area contributed by atoms with Gasteiger partial charge in [0, 0.05) is 6.04 Å². The van der Waals surface area contributed by atoms with Crippen molar-refractivity contribution in [2.45, 2.75) is 19.9 Å². The fourth-order valence-corrected chi connectivity index (χ4v) is 2.13. The third kappa shape index (κ3) is 3.41. The van der Waals surface area contributed by atoms with Gasteiger partial charge in [0.15, 0.2) is 0 Å². The smallest absolute Gasteiger partial charge is 0.229 e. The number of nitrogens with two attached hydrogens (primary N) is 1. The first-order valence-electron chi connectivity index (χ1n) is 6.90. The van der Waals surface area contributed by atoms with Gasteiger partial charge in [-0.25, -0.2) is 0 Å². The van der Waals surface area contributed by atoms with Crippen molar-refractivity contribution in [2.75, 3.05) is 5.32 Å². The van der Waals surface area contributed by atoms with E-state index in [4.69, 9.17) is 5.73 Å². The quantitative estimate of drug-likeness (QED) is 0.755. The SMILES string of the molecule is Cc1cccc(NC(=O)C(C)C(N)c2ccccc2)c1O. The second-order valence-electron chi connectivity index (χ2n) is 5.19. The molecule has 1 amide bonds. The van der Waals surface area contributed by atoms with Gasteiger partial charge in [0.25, 0.3) is 0 Å². The van der Waals surface area contributed by atoms with E-state index in [2.05, 4.69) is 5.32 Å². The number of hydrogen-bond donors (Lipinski definition) is 3. The molecule has 0 aliphatic rings. The minimum absolute atomic E-state index is 0.0892. The van der Waals surface area contributed by atoms with Crippen molar-refractivity contribution in [3.63, 3.8) is 0 Å². The van der Waals surface area contributed by atoms with Crippen molar-refractivity contribution in [3.05, 3.63) is 59.7 Å². The van der Waals surface area contributed by atoms with Crippen molar-refractivity contribution in [3.8, 4) is 5.75 Å². The number of carbonyl (C=O) groups is 1. The van der Waals surface area contributed by atoms with E-state index in [0.717, 1.165) is 5.56 Å². The number of rotatable bonds is 4. The maximum absolute atomic E-state index is 12.3. The standard InChI is InChI=1S/C17H20N2O2/c1-11-7-6-10-14(16(11)20)19-17(21)12(2)15(18)13-8-4-3-5-9-13/h3-10,12,15,20H,18H2,1-2H3,(H,19,21). The number of para-hydroxylation sites is 1. The molecule has 4 N–H and O–H groups in total. The lowest BCUT2D eigenvalue weighted by atomic mass is 9.94. The number of amides is 1. The molecule has 2 aromatic rings. The third-order valence-corrected chi connectivity index (χ3v) is 3.63. The number of aromatic hydroxyl groups is 1. The van der Waals surface area contributed by atoms with Gasteiger partial charge < -0.3 is 16.2 Å².